The molecule has 1 aliphatic rings. The number of fused-ring (bicyclic) bond motifs is 1. The molecule has 0 atom stereocenters. The molecule has 0 fully saturated rings. The van der Waals surface area contributed by atoms with Crippen molar-refractivity contribution >= 4 is 40.8 Å². The van der Waals surface area contributed by atoms with Crippen molar-refractivity contribution in [3.05, 3.63) is 86.9 Å². The molecule has 0 unspecified atom stereocenters. The van der Waals surface area contributed by atoms with E-state index < -0.39 is 11.9 Å². The minimum absolute atomic E-state index is 0.232. The zero-order chi connectivity index (χ0) is 22.7. The number of hydrogen-bond donors (Lipinski definition) is 2. The van der Waals surface area contributed by atoms with E-state index in [9.17, 15) is 9.59 Å². The van der Waals surface area contributed by atoms with Crippen LogP contribution in [-0.4, -0.2) is 11.9 Å². The van der Waals surface area contributed by atoms with Crippen molar-refractivity contribution in [2.24, 2.45) is 0 Å². The molecule has 32 heavy (non-hydrogen) atoms. The number of nitrogens with one attached hydrogen (secondary N) is 2. The molecule has 7 heteroatoms. The average molecular weight is 469 g/mol. The van der Waals surface area contributed by atoms with Crippen molar-refractivity contribution in [3.63, 3.8) is 0 Å². The van der Waals surface area contributed by atoms with E-state index in [0.717, 1.165) is 42.0 Å². The molecule has 0 aromatic heterocycles. The third kappa shape index (κ3) is 4.90. The smallest absolute Gasteiger partial charge is 0.326 e. The number of amides is 3. The molecule has 3 aromatic rings. The molecule has 0 aliphatic heterocycles. The SMILES string of the molecule is Cc1cc(NC(=O)NC(=O)c2ccccc2Cl)ccc1Oc1ccc(Cl)c2c1CCCC2. The fraction of sp³-hybridized carbons (Fsp3) is 0.200. The van der Waals surface area contributed by atoms with Crippen molar-refractivity contribution in [2.45, 2.75) is 32.6 Å². The Morgan fingerprint density at radius 1 is 0.875 bits per heavy atom. The fourth-order valence-corrected chi connectivity index (χ4v) is 4.32. The monoisotopic (exact) mass is 468 g/mol. The van der Waals surface area contributed by atoms with E-state index in [0.29, 0.717) is 11.4 Å². The summed E-state index contributed by atoms with van der Waals surface area (Å²) >= 11 is 12.4. The second kappa shape index (κ2) is 9.63. The Hall–Kier alpha value is -3.02. The van der Waals surface area contributed by atoms with Crippen molar-refractivity contribution in [3.8, 4) is 11.5 Å². The summed E-state index contributed by atoms with van der Waals surface area (Å²) < 4.78 is 6.20. The highest BCUT2D eigenvalue weighted by molar-refractivity contribution is 6.34. The Kier molecular flexibility index (Phi) is 6.68. The van der Waals surface area contributed by atoms with Gasteiger partial charge in [0, 0.05) is 10.7 Å². The molecule has 4 rings (SSSR count). The van der Waals surface area contributed by atoms with Crippen LogP contribution in [0, 0.1) is 6.92 Å². The lowest BCUT2D eigenvalue weighted by molar-refractivity contribution is 0.0967. The predicted molar refractivity (Wildman–Crippen MR) is 127 cm³/mol. The van der Waals surface area contributed by atoms with Gasteiger partial charge in [-0.1, -0.05) is 35.3 Å². The third-order valence-corrected chi connectivity index (χ3v) is 6.12. The number of hydrogen-bond acceptors (Lipinski definition) is 3. The van der Waals surface area contributed by atoms with Crippen LogP contribution in [0.25, 0.3) is 0 Å². The van der Waals surface area contributed by atoms with Crippen molar-refractivity contribution < 1.29 is 14.3 Å². The number of rotatable bonds is 4. The summed E-state index contributed by atoms with van der Waals surface area (Å²) in [5, 5.41) is 6.02. The van der Waals surface area contributed by atoms with Crippen LogP contribution < -0.4 is 15.4 Å². The standard InChI is InChI=1S/C25H22Cl2N2O3/c1-15-14-16(28-25(31)29-24(30)19-8-4-5-9-20(19)26)10-12-22(15)32-23-13-11-21(27)17-6-2-3-7-18(17)23/h4-5,8-14H,2-3,6-7H2,1H3,(H2,28,29,30,31). The van der Waals surface area contributed by atoms with E-state index in [1.807, 2.05) is 19.1 Å². The third-order valence-electron chi connectivity index (χ3n) is 5.43. The lowest BCUT2D eigenvalue weighted by atomic mass is 9.91. The topological polar surface area (TPSA) is 67.4 Å². The number of carbonyl (C=O) groups excluding carboxylic acids is 2. The maximum absolute atomic E-state index is 12.3. The van der Waals surface area contributed by atoms with Gasteiger partial charge in [0.2, 0.25) is 0 Å². The van der Waals surface area contributed by atoms with Crippen LogP contribution >= 0.6 is 23.2 Å². The van der Waals surface area contributed by atoms with Gasteiger partial charge in [-0.25, -0.2) is 4.79 Å². The molecule has 5 nitrogen and oxygen atoms in total. The van der Waals surface area contributed by atoms with Crippen molar-refractivity contribution in [1.29, 1.82) is 0 Å². The number of halogens is 2. The minimum atomic E-state index is -0.644. The lowest BCUT2D eigenvalue weighted by Gasteiger charge is -2.21. The van der Waals surface area contributed by atoms with Gasteiger partial charge in [0.1, 0.15) is 11.5 Å². The number of ether oxygens (including phenoxy) is 1. The molecule has 0 bridgehead atoms. The van der Waals surface area contributed by atoms with Gasteiger partial charge in [-0.15, -0.1) is 0 Å². The molecule has 0 heterocycles. The Labute approximate surface area is 196 Å². The second-order valence-corrected chi connectivity index (χ2v) is 8.49. The first kappa shape index (κ1) is 22.2. The summed E-state index contributed by atoms with van der Waals surface area (Å²) in [6.07, 6.45) is 4.17. The van der Waals surface area contributed by atoms with Gasteiger partial charge < -0.3 is 10.1 Å². The molecule has 0 spiro atoms. The molecule has 3 aromatic carbocycles. The van der Waals surface area contributed by atoms with Crippen LogP contribution in [0.15, 0.2) is 54.6 Å². The quantitative estimate of drug-likeness (QED) is 0.435. The first-order chi connectivity index (χ1) is 15.4. The van der Waals surface area contributed by atoms with E-state index in [1.165, 1.54) is 11.1 Å². The molecule has 0 radical (unpaired) electrons. The number of aryl methyl sites for hydroxylation is 1. The largest absolute Gasteiger partial charge is 0.457 e. The molecular formula is C25H22Cl2N2O3. The summed E-state index contributed by atoms with van der Waals surface area (Å²) in [5.74, 6) is 0.937. The van der Waals surface area contributed by atoms with Crippen LogP contribution in [0.3, 0.4) is 0 Å². The average Bonchev–Trinajstić information content (AvgIpc) is 2.77. The highest BCUT2D eigenvalue weighted by Gasteiger charge is 2.18. The molecule has 1 aliphatic carbocycles. The number of carbonyl (C=O) groups is 2. The summed E-state index contributed by atoms with van der Waals surface area (Å²) in [6, 6.07) is 15.0. The molecule has 3 amide bonds. The minimum Gasteiger partial charge on any atom is -0.457 e. The van der Waals surface area contributed by atoms with Gasteiger partial charge in [0.15, 0.2) is 0 Å². The van der Waals surface area contributed by atoms with E-state index in [-0.39, 0.29) is 10.6 Å². The molecule has 0 saturated heterocycles. The highest BCUT2D eigenvalue weighted by Crippen LogP contribution is 2.37. The fourth-order valence-electron chi connectivity index (χ4n) is 3.82. The van der Waals surface area contributed by atoms with Crippen molar-refractivity contribution in [2.75, 3.05) is 5.32 Å². The summed E-state index contributed by atoms with van der Waals surface area (Å²) in [7, 11) is 0. The maximum atomic E-state index is 12.3. The van der Waals surface area contributed by atoms with E-state index in [4.69, 9.17) is 27.9 Å². The second-order valence-electron chi connectivity index (χ2n) is 7.68. The normalized spacial score (nSPS) is 12.6. The van der Waals surface area contributed by atoms with Crippen LogP contribution in [0.2, 0.25) is 10.0 Å². The van der Waals surface area contributed by atoms with E-state index >= 15 is 0 Å². The Bertz CT molecular complexity index is 1190. The molecular weight excluding hydrogens is 447 g/mol. The molecule has 2 N–H and O–H groups in total. The van der Waals surface area contributed by atoms with E-state index in [2.05, 4.69) is 10.6 Å². The van der Waals surface area contributed by atoms with Gasteiger partial charge in [0.05, 0.1) is 10.6 Å². The lowest BCUT2D eigenvalue weighted by Crippen LogP contribution is -2.34. The van der Waals surface area contributed by atoms with Crippen LogP contribution in [0.1, 0.15) is 39.9 Å². The van der Waals surface area contributed by atoms with Crippen LogP contribution in [-0.2, 0) is 12.8 Å². The van der Waals surface area contributed by atoms with E-state index in [1.54, 1.807) is 42.5 Å². The maximum Gasteiger partial charge on any atom is 0.326 e. The summed E-state index contributed by atoms with van der Waals surface area (Å²) in [4.78, 5) is 24.5. The number of urea groups is 1. The predicted octanol–water partition coefficient (Wildman–Crippen LogP) is 6.93. The van der Waals surface area contributed by atoms with Crippen LogP contribution in [0.5, 0.6) is 11.5 Å². The van der Waals surface area contributed by atoms with Gasteiger partial charge in [0.25, 0.3) is 5.91 Å². The van der Waals surface area contributed by atoms with Gasteiger partial charge in [-0.3, -0.25) is 10.1 Å². The van der Waals surface area contributed by atoms with Crippen LogP contribution in [0.4, 0.5) is 10.5 Å². The Morgan fingerprint density at radius 2 is 1.59 bits per heavy atom. The summed E-state index contributed by atoms with van der Waals surface area (Å²) in [6.45, 7) is 1.90. The molecule has 0 saturated carbocycles. The highest BCUT2D eigenvalue weighted by atomic mass is 35.5. The Balaban J connectivity index is 1.44. The number of anilines is 1. The first-order valence-electron chi connectivity index (χ1n) is 10.4. The zero-order valence-electron chi connectivity index (χ0n) is 17.5. The number of benzene rings is 3. The first-order valence-corrected chi connectivity index (χ1v) is 11.1. The zero-order valence-corrected chi connectivity index (χ0v) is 19.0. The van der Waals surface area contributed by atoms with Gasteiger partial charge in [-0.05, 0) is 91.8 Å². The number of imide groups is 1. The summed E-state index contributed by atoms with van der Waals surface area (Å²) in [5.41, 5.74) is 3.96. The Morgan fingerprint density at radius 3 is 2.34 bits per heavy atom. The van der Waals surface area contributed by atoms with Gasteiger partial charge >= 0.3 is 6.03 Å². The van der Waals surface area contributed by atoms with Gasteiger partial charge in [-0.2, -0.15) is 0 Å². The molecule has 164 valence electrons. The van der Waals surface area contributed by atoms with Crippen molar-refractivity contribution in [1.82, 2.24) is 5.32 Å².